The number of nitrogens with one attached hydrogen (secondary N) is 1. The molecule has 1 aromatic heterocycles. The first-order chi connectivity index (χ1) is 13.7. The molecule has 0 amide bonds. The van der Waals surface area contributed by atoms with E-state index in [0.29, 0.717) is 22.1 Å². The molecule has 3 rings (SSSR count). The number of methoxy groups -OCH3 is 1. The van der Waals surface area contributed by atoms with Crippen LogP contribution in [0.5, 0.6) is 11.5 Å². The van der Waals surface area contributed by atoms with Gasteiger partial charge in [-0.3, -0.25) is 0 Å². The van der Waals surface area contributed by atoms with E-state index in [1.54, 1.807) is 31.4 Å². The standard InChI is InChI=1S/C20H17N3O4S/c1-25-17-8-4-15(5-9-17)22-20-23-16(13-28-20)11-27-19(24)12-26-18-6-2-14(10-21)3-7-18/h2-9,13H,11-12H2,1H3,(H,22,23). The zero-order chi connectivity index (χ0) is 19.8. The summed E-state index contributed by atoms with van der Waals surface area (Å²) in [5.74, 6) is 0.776. The first-order valence-corrected chi connectivity index (χ1v) is 9.18. The molecule has 0 radical (unpaired) electrons. The fourth-order valence-corrected chi connectivity index (χ4v) is 2.91. The zero-order valence-electron chi connectivity index (χ0n) is 15.0. The van der Waals surface area contributed by atoms with Gasteiger partial charge in [0.25, 0.3) is 0 Å². The number of esters is 1. The Hall–Kier alpha value is -3.57. The van der Waals surface area contributed by atoms with Crippen molar-refractivity contribution in [1.29, 1.82) is 5.26 Å². The summed E-state index contributed by atoms with van der Waals surface area (Å²) in [6.07, 6.45) is 0. The van der Waals surface area contributed by atoms with Crippen molar-refractivity contribution in [2.45, 2.75) is 6.61 Å². The Labute approximate surface area is 166 Å². The van der Waals surface area contributed by atoms with Crippen LogP contribution in [0.1, 0.15) is 11.3 Å². The fourth-order valence-electron chi connectivity index (χ4n) is 2.19. The van der Waals surface area contributed by atoms with Crippen molar-refractivity contribution in [3.63, 3.8) is 0 Å². The molecule has 0 spiro atoms. The molecule has 0 aliphatic heterocycles. The summed E-state index contributed by atoms with van der Waals surface area (Å²) in [6.45, 7) is -0.149. The number of hydrogen-bond donors (Lipinski definition) is 1. The lowest BCUT2D eigenvalue weighted by atomic mass is 10.2. The number of ether oxygens (including phenoxy) is 3. The Kier molecular flexibility index (Phi) is 6.44. The minimum absolute atomic E-state index is 0.0658. The largest absolute Gasteiger partial charge is 0.497 e. The predicted molar refractivity (Wildman–Crippen MR) is 105 cm³/mol. The summed E-state index contributed by atoms with van der Waals surface area (Å²) in [6, 6.07) is 16.0. The summed E-state index contributed by atoms with van der Waals surface area (Å²) < 4.78 is 15.6. The van der Waals surface area contributed by atoms with E-state index in [0.717, 1.165) is 11.4 Å². The Morgan fingerprint density at radius 3 is 2.54 bits per heavy atom. The van der Waals surface area contributed by atoms with Gasteiger partial charge in [0.15, 0.2) is 11.7 Å². The lowest BCUT2D eigenvalue weighted by Crippen LogP contribution is -2.14. The summed E-state index contributed by atoms with van der Waals surface area (Å²) in [7, 11) is 1.62. The maximum Gasteiger partial charge on any atom is 0.344 e. The highest BCUT2D eigenvalue weighted by molar-refractivity contribution is 7.13. The molecule has 0 saturated heterocycles. The zero-order valence-corrected chi connectivity index (χ0v) is 15.9. The number of anilines is 2. The van der Waals surface area contributed by atoms with Crippen LogP contribution in [0.15, 0.2) is 53.9 Å². The highest BCUT2D eigenvalue weighted by Gasteiger charge is 2.08. The third-order valence-corrected chi connectivity index (χ3v) is 4.42. The number of aromatic nitrogens is 1. The molecule has 0 aliphatic carbocycles. The monoisotopic (exact) mass is 395 g/mol. The van der Waals surface area contributed by atoms with Gasteiger partial charge in [0.05, 0.1) is 24.4 Å². The summed E-state index contributed by atoms with van der Waals surface area (Å²) >= 11 is 1.42. The topological polar surface area (TPSA) is 93.5 Å². The van der Waals surface area contributed by atoms with Gasteiger partial charge in [0.1, 0.15) is 18.1 Å². The Morgan fingerprint density at radius 1 is 1.14 bits per heavy atom. The van der Waals surface area contributed by atoms with Crippen LogP contribution in [0.25, 0.3) is 0 Å². The first kappa shape index (κ1) is 19.2. The molecule has 0 atom stereocenters. The van der Waals surface area contributed by atoms with Crippen molar-refractivity contribution < 1.29 is 19.0 Å². The predicted octanol–water partition coefficient (Wildman–Crippen LogP) is 3.89. The third kappa shape index (κ3) is 5.46. The lowest BCUT2D eigenvalue weighted by molar-refractivity contribution is -0.147. The highest BCUT2D eigenvalue weighted by atomic mass is 32.1. The Morgan fingerprint density at radius 2 is 1.86 bits per heavy atom. The van der Waals surface area contributed by atoms with Crippen LogP contribution in [-0.4, -0.2) is 24.7 Å². The van der Waals surface area contributed by atoms with Crippen molar-refractivity contribution in [1.82, 2.24) is 4.98 Å². The van der Waals surface area contributed by atoms with Crippen LogP contribution < -0.4 is 14.8 Å². The second kappa shape index (κ2) is 9.39. The third-order valence-electron chi connectivity index (χ3n) is 3.61. The molecule has 0 aliphatic rings. The summed E-state index contributed by atoms with van der Waals surface area (Å²) in [5, 5.41) is 14.5. The van der Waals surface area contributed by atoms with E-state index >= 15 is 0 Å². The van der Waals surface area contributed by atoms with Gasteiger partial charge in [-0.2, -0.15) is 5.26 Å². The number of nitriles is 1. The highest BCUT2D eigenvalue weighted by Crippen LogP contribution is 2.23. The van der Waals surface area contributed by atoms with Gasteiger partial charge in [-0.15, -0.1) is 11.3 Å². The van der Waals surface area contributed by atoms with Gasteiger partial charge >= 0.3 is 5.97 Å². The molecular formula is C20H17N3O4S. The normalized spacial score (nSPS) is 10.0. The van der Waals surface area contributed by atoms with E-state index in [1.165, 1.54) is 11.3 Å². The Bertz CT molecular complexity index is 962. The number of hydrogen-bond acceptors (Lipinski definition) is 8. The molecule has 0 saturated carbocycles. The van der Waals surface area contributed by atoms with Crippen LogP contribution >= 0.6 is 11.3 Å². The molecular weight excluding hydrogens is 378 g/mol. The van der Waals surface area contributed by atoms with E-state index in [2.05, 4.69) is 10.3 Å². The second-order valence-corrected chi connectivity index (χ2v) is 6.44. The molecule has 1 N–H and O–H groups in total. The van der Waals surface area contributed by atoms with Crippen LogP contribution in [0.2, 0.25) is 0 Å². The number of carbonyl (C=O) groups is 1. The van der Waals surface area contributed by atoms with Crippen molar-refractivity contribution in [2.75, 3.05) is 19.0 Å². The molecule has 0 bridgehead atoms. The number of rotatable bonds is 8. The smallest absolute Gasteiger partial charge is 0.344 e. The molecule has 0 fully saturated rings. The van der Waals surface area contributed by atoms with Crippen LogP contribution in [0.4, 0.5) is 10.8 Å². The van der Waals surface area contributed by atoms with Gasteiger partial charge in [-0.25, -0.2) is 9.78 Å². The van der Waals surface area contributed by atoms with Crippen molar-refractivity contribution in [3.05, 3.63) is 65.2 Å². The quantitative estimate of drug-likeness (QED) is 0.578. The number of thiazole rings is 1. The SMILES string of the molecule is COc1ccc(Nc2nc(COC(=O)COc3ccc(C#N)cc3)cs2)cc1. The van der Waals surface area contributed by atoms with Crippen molar-refractivity contribution in [3.8, 4) is 17.6 Å². The second-order valence-electron chi connectivity index (χ2n) is 5.58. The Balaban J connectivity index is 1.44. The van der Waals surface area contributed by atoms with Gasteiger partial charge < -0.3 is 19.5 Å². The molecule has 2 aromatic carbocycles. The van der Waals surface area contributed by atoms with Crippen molar-refractivity contribution in [2.24, 2.45) is 0 Å². The van der Waals surface area contributed by atoms with Crippen molar-refractivity contribution >= 4 is 28.1 Å². The molecule has 3 aromatic rings. The van der Waals surface area contributed by atoms with Gasteiger partial charge in [0, 0.05) is 11.1 Å². The van der Waals surface area contributed by atoms with Crippen LogP contribution in [0.3, 0.4) is 0 Å². The molecule has 1 heterocycles. The van der Waals surface area contributed by atoms with Gasteiger partial charge in [0.2, 0.25) is 0 Å². The average molecular weight is 395 g/mol. The minimum Gasteiger partial charge on any atom is -0.497 e. The number of benzene rings is 2. The van der Waals surface area contributed by atoms with E-state index in [1.807, 2.05) is 35.7 Å². The molecule has 8 heteroatoms. The maximum atomic E-state index is 11.8. The number of carbonyl (C=O) groups excluding carboxylic acids is 1. The summed E-state index contributed by atoms with van der Waals surface area (Å²) in [5.41, 5.74) is 2.06. The molecule has 28 heavy (non-hydrogen) atoms. The van der Waals surface area contributed by atoms with E-state index in [4.69, 9.17) is 19.5 Å². The molecule has 0 unspecified atom stereocenters. The van der Waals surface area contributed by atoms with Crippen LogP contribution in [0, 0.1) is 11.3 Å². The lowest BCUT2D eigenvalue weighted by Gasteiger charge is -2.06. The number of nitrogens with zero attached hydrogens (tertiary/aromatic N) is 2. The molecule has 7 nitrogen and oxygen atoms in total. The minimum atomic E-state index is -0.498. The average Bonchev–Trinajstić information content (AvgIpc) is 3.19. The van der Waals surface area contributed by atoms with E-state index in [-0.39, 0.29) is 13.2 Å². The van der Waals surface area contributed by atoms with E-state index in [9.17, 15) is 4.79 Å². The summed E-state index contributed by atoms with van der Waals surface area (Å²) in [4.78, 5) is 16.2. The first-order valence-electron chi connectivity index (χ1n) is 8.30. The fraction of sp³-hybridized carbons (Fsp3) is 0.150. The van der Waals surface area contributed by atoms with Gasteiger partial charge in [-0.05, 0) is 48.5 Å². The van der Waals surface area contributed by atoms with E-state index < -0.39 is 5.97 Å². The van der Waals surface area contributed by atoms with Crippen LogP contribution in [-0.2, 0) is 16.1 Å². The molecule has 142 valence electrons. The van der Waals surface area contributed by atoms with Gasteiger partial charge in [-0.1, -0.05) is 0 Å². The maximum absolute atomic E-state index is 11.8.